The molecule has 0 saturated carbocycles. The SMILES string of the molecule is CC1(N2CCC(O)(c3ccc(Cl)cc3)CC2)CN(c2ccc(F)cc2)c2ccccc2O1. The van der Waals surface area contributed by atoms with Crippen LogP contribution in [0.2, 0.25) is 5.02 Å². The monoisotopic (exact) mass is 452 g/mol. The number of rotatable bonds is 3. The number of para-hydroxylation sites is 2. The van der Waals surface area contributed by atoms with Gasteiger partial charge < -0.3 is 14.7 Å². The van der Waals surface area contributed by atoms with Crippen LogP contribution in [0, 0.1) is 5.82 Å². The van der Waals surface area contributed by atoms with Crippen molar-refractivity contribution in [1.29, 1.82) is 0 Å². The van der Waals surface area contributed by atoms with Gasteiger partial charge in [0.2, 0.25) is 0 Å². The minimum Gasteiger partial charge on any atom is -0.469 e. The third-order valence-electron chi connectivity index (χ3n) is 6.72. The van der Waals surface area contributed by atoms with Crippen LogP contribution in [0.15, 0.2) is 72.8 Å². The van der Waals surface area contributed by atoms with E-state index in [4.69, 9.17) is 16.3 Å². The summed E-state index contributed by atoms with van der Waals surface area (Å²) in [6.07, 6.45) is 1.21. The molecule has 0 bridgehead atoms. The van der Waals surface area contributed by atoms with Gasteiger partial charge in [-0.3, -0.25) is 4.90 Å². The average Bonchev–Trinajstić information content (AvgIpc) is 2.80. The Labute approximate surface area is 192 Å². The van der Waals surface area contributed by atoms with Gasteiger partial charge in [0.1, 0.15) is 11.6 Å². The highest BCUT2D eigenvalue weighted by molar-refractivity contribution is 6.30. The van der Waals surface area contributed by atoms with E-state index in [2.05, 4.69) is 16.7 Å². The van der Waals surface area contributed by atoms with Crippen LogP contribution in [0.3, 0.4) is 0 Å². The third-order valence-corrected chi connectivity index (χ3v) is 6.97. The second-order valence-corrected chi connectivity index (χ2v) is 9.27. The summed E-state index contributed by atoms with van der Waals surface area (Å²) in [5, 5.41) is 12.0. The molecule has 3 aromatic carbocycles. The molecule has 2 aliphatic rings. The van der Waals surface area contributed by atoms with Gasteiger partial charge in [0.05, 0.1) is 17.8 Å². The van der Waals surface area contributed by atoms with Gasteiger partial charge in [-0.15, -0.1) is 0 Å². The summed E-state index contributed by atoms with van der Waals surface area (Å²) in [6, 6.07) is 22.0. The molecule has 1 unspecified atom stereocenters. The second-order valence-electron chi connectivity index (χ2n) is 8.83. The van der Waals surface area contributed by atoms with E-state index in [1.807, 2.05) is 48.5 Å². The van der Waals surface area contributed by atoms with Crippen molar-refractivity contribution in [3.63, 3.8) is 0 Å². The molecule has 0 spiro atoms. The van der Waals surface area contributed by atoms with Crippen LogP contribution in [0.5, 0.6) is 5.75 Å². The largest absolute Gasteiger partial charge is 0.469 e. The predicted octanol–water partition coefficient (Wildman–Crippen LogP) is 5.71. The summed E-state index contributed by atoms with van der Waals surface area (Å²) in [4.78, 5) is 4.47. The maximum Gasteiger partial charge on any atom is 0.178 e. The molecule has 32 heavy (non-hydrogen) atoms. The van der Waals surface area contributed by atoms with Crippen LogP contribution in [-0.2, 0) is 5.60 Å². The minimum absolute atomic E-state index is 0.254. The van der Waals surface area contributed by atoms with Crippen molar-refractivity contribution in [2.24, 2.45) is 0 Å². The fraction of sp³-hybridized carbons (Fsp3) is 0.308. The fourth-order valence-electron chi connectivity index (χ4n) is 4.83. The Balaban J connectivity index is 1.40. The van der Waals surface area contributed by atoms with Crippen LogP contribution in [0.25, 0.3) is 0 Å². The molecular weight excluding hydrogens is 427 g/mol. The van der Waals surface area contributed by atoms with Gasteiger partial charge in [-0.05, 0) is 73.9 Å². The lowest BCUT2D eigenvalue weighted by Gasteiger charge is -2.51. The molecule has 4 nitrogen and oxygen atoms in total. The Morgan fingerprint density at radius 3 is 2.28 bits per heavy atom. The fourth-order valence-corrected chi connectivity index (χ4v) is 4.95. The number of piperidine rings is 1. The molecule has 166 valence electrons. The number of ether oxygens (including phenoxy) is 1. The van der Waals surface area contributed by atoms with Crippen molar-refractivity contribution in [2.75, 3.05) is 24.5 Å². The van der Waals surface area contributed by atoms with Crippen molar-refractivity contribution in [3.05, 3.63) is 89.2 Å². The average molecular weight is 453 g/mol. The number of hydrogen-bond acceptors (Lipinski definition) is 4. The number of halogens is 2. The molecule has 1 saturated heterocycles. The number of likely N-dealkylation sites (tertiary alicyclic amines) is 1. The van der Waals surface area contributed by atoms with E-state index >= 15 is 0 Å². The number of anilines is 2. The van der Waals surface area contributed by atoms with Crippen molar-refractivity contribution in [1.82, 2.24) is 4.90 Å². The summed E-state index contributed by atoms with van der Waals surface area (Å²) in [7, 11) is 0. The lowest BCUT2D eigenvalue weighted by atomic mass is 9.83. The van der Waals surface area contributed by atoms with Gasteiger partial charge in [-0.2, -0.15) is 0 Å². The highest BCUT2D eigenvalue weighted by Crippen LogP contribution is 2.44. The molecule has 0 aliphatic carbocycles. The van der Waals surface area contributed by atoms with Crippen molar-refractivity contribution in [2.45, 2.75) is 31.1 Å². The lowest BCUT2D eigenvalue weighted by Crippen LogP contribution is -2.62. The van der Waals surface area contributed by atoms with E-state index in [1.165, 1.54) is 12.1 Å². The second kappa shape index (κ2) is 8.07. The number of fused-ring (bicyclic) bond motifs is 1. The van der Waals surface area contributed by atoms with E-state index in [0.29, 0.717) is 37.5 Å². The highest BCUT2D eigenvalue weighted by Gasteiger charge is 2.45. The van der Waals surface area contributed by atoms with Gasteiger partial charge in [-0.1, -0.05) is 35.9 Å². The highest BCUT2D eigenvalue weighted by atomic mass is 35.5. The number of benzene rings is 3. The standard InChI is InChI=1S/C26H26ClFN2O2/c1-25(29-16-14-26(31,15-17-29)19-6-8-20(27)9-7-19)18-30(22-12-10-21(28)11-13-22)23-4-2-3-5-24(23)32-25/h2-13,31H,14-18H2,1H3. The Hall–Kier alpha value is -2.60. The summed E-state index contributed by atoms with van der Waals surface area (Å²) in [5.41, 5.74) is 1.31. The summed E-state index contributed by atoms with van der Waals surface area (Å²) < 4.78 is 20.1. The maximum atomic E-state index is 13.5. The molecule has 1 atom stereocenters. The van der Waals surface area contributed by atoms with Crippen molar-refractivity contribution in [3.8, 4) is 5.75 Å². The minimum atomic E-state index is -0.874. The van der Waals surface area contributed by atoms with E-state index in [9.17, 15) is 9.50 Å². The molecule has 0 radical (unpaired) electrons. The van der Waals surface area contributed by atoms with Gasteiger partial charge in [0.25, 0.3) is 0 Å². The first-order valence-corrected chi connectivity index (χ1v) is 11.3. The Morgan fingerprint density at radius 1 is 0.938 bits per heavy atom. The van der Waals surface area contributed by atoms with E-state index in [0.717, 1.165) is 22.7 Å². The molecule has 5 rings (SSSR count). The van der Waals surface area contributed by atoms with E-state index in [-0.39, 0.29) is 5.82 Å². The predicted molar refractivity (Wildman–Crippen MR) is 125 cm³/mol. The maximum absolute atomic E-state index is 13.5. The summed E-state index contributed by atoms with van der Waals surface area (Å²) >= 11 is 6.02. The van der Waals surface area contributed by atoms with Gasteiger partial charge in [0.15, 0.2) is 5.72 Å². The summed E-state index contributed by atoms with van der Waals surface area (Å²) in [5.74, 6) is 0.541. The zero-order chi connectivity index (χ0) is 22.3. The first-order valence-electron chi connectivity index (χ1n) is 10.9. The van der Waals surface area contributed by atoms with E-state index in [1.54, 1.807) is 12.1 Å². The molecule has 0 aromatic heterocycles. The van der Waals surface area contributed by atoms with Crippen molar-refractivity contribution < 1.29 is 14.2 Å². The lowest BCUT2D eigenvalue weighted by molar-refractivity contribution is -0.117. The van der Waals surface area contributed by atoms with Gasteiger partial charge >= 0.3 is 0 Å². The van der Waals surface area contributed by atoms with Gasteiger partial charge in [0, 0.05) is 23.8 Å². The van der Waals surface area contributed by atoms with Crippen LogP contribution < -0.4 is 9.64 Å². The molecular formula is C26H26ClFN2O2. The van der Waals surface area contributed by atoms with Crippen LogP contribution in [-0.4, -0.2) is 35.4 Å². The zero-order valence-corrected chi connectivity index (χ0v) is 18.7. The molecule has 1 N–H and O–H groups in total. The normalized spacial score (nSPS) is 22.8. The first-order chi connectivity index (χ1) is 15.4. The zero-order valence-electron chi connectivity index (χ0n) is 18.0. The van der Waals surface area contributed by atoms with Crippen LogP contribution in [0.1, 0.15) is 25.3 Å². The quantitative estimate of drug-likeness (QED) is 0.552. The first kappa shape index (κ1) is 21.3. The van der Waals surface area contributed by atoms with E-state index < -0.39 is 11.3 Å². The topological polar surface area (TPSA) is 35.9 Å². The molecule has 3 aromatic rings. The van der Waals surface area contributed by atoms with Crippen LogP contribution in [0.4, 0.5) is 15.8 Å². The Kier molecular flexibility index (Phi) is 5.36. The Morgan fingerprint density at radius 2 is 1.59 bits per heavy atom. The number of nitrogens with zero attached hydrogens (tertiary/aromatic N) is 2. The van der Waals surface area contributed by atoms with Gasteiger partial charge in [-0.25, -0.2) is 4.39 Å². The summed E-state index contributed by atoms with van der Waals surface area (Å²) in [6.45, 7) is 4.06. The Bertz CT molecular complexity index is 1100. The molecule has 2 heterocycles. The molecule has 0 amide bonds. The third kappa shape index (κ3) is 3.85. The van der Waals surface area contributed by atoms with Crippen molar-refractivity contribution >= 4 is 23.0 Å². The molecule has 2 aliphatic heterocycles. The number of hydrogen-bond donors (Lipinski definition) is 1. The van der Waals surface area contributed by atoms with Crippen LogP contribution >= 0.6 is 11.6 Å². The number of aliphatic hydroxyl groups is 1. The molecule has 1 fully saturated rings. The molecule has 6 heteroatoms. The smallest absolute Gasteiger partial charge is 0.178 e.